The number of nitrogens with zero attached hydrogens (tertiary/aromatic N) is 2. The van der Waals surface area contributed by atoms with Crippen molar-refractivity contribution < 1.29 is 0 Å². The van der Waals surface area contributed by atoms with Gasteiger partial charge in [-0.1, -0.05) is 72.8 Å². The minimum Gasteiger partial charge on any atom is -0.310 e. The molecule has 0 unspecified atom stereocenters. The average molecular weight is 437 g/mol. The molecule has 0 amide bonds. The van der Waals surface area contributed by atoms with Crippen molar-refractivity contribution >= 4 is 34.1 Å². The van der Waals surface area contributed by atoms with Gasteiger partial charge in [0, 0.05) is 47.0 Å². The van der Waals surface area contributed by atoms with E-state index in [2.05, 4.69) is 131 Å². The van der Waals surface area contributed by atoms with Crippen molar-refractivity contribution in [1.29, 1.82) is 0 Å². The molecule has 0 aromatic heterocycles. The van der Waals surface area contributed by atoms with Crippen molar-refractivity contribution in [3.8, 4) is 0 Å². The van der Waals surface area contributed by atoms with Crippen LogP contribution >= 0.6 is 0 Å². The summed E-state index contributed by atoms with van der Waals surface area (Å²) in [5, 5.41) is 0. The summed E-state index contributed by atoms with van der Waals surface area (Å²) < 4.78 is 0. The minimum absolute atomic E-state index is 0.974. The summed E-state index contributed by atoms with van der Waals surface area (Å²) in [5.41, 5.74) is 12.9. The van der Waals surface area contributed by atoms with Crippen molar-refractivity contribution in [2.45, 2.75) is 12.8 Å². The van der Waals surface area contributed by atoms with Gasteiger partial charge >= 0.3 is 0 Å². The Morgan fingerprint density at radius 2 is 0.588 bits per heavy atom. The molecule has 0 spiro atoms. The molecule has 5 aromatic carbocycles. The summed E-state index contributed by atoms with van der Waals surface area (Å²) in [5.74, 6) is 0. The normalized spacial score (nSPS) is 13.5. The van der Waals surface area contributed by atoms with Gasteiger partial charge in [0.25, 0.3) is 0 Å². The third-order valence-electron chi connectivity index (χ3n) is 7.06. The molecule has 2 heteroatoms. The van der Waals surface area contributed by atoms with Gasteiger partial charge in [-0.15, -0.1) is 0 Å². The first-order valence-corrected chi connectivity index (χ1v) is 11.9. The SMILES string of the molecule is c1ccc2c(c1)Cc1ccccc1N2c1ccc(N2c3ccccc3Cc3ccccc32)cc1. The minimum atomic E-state index is 0.974. The number of para-hydroxylation sites is 4. The molecule has 2 heterocycles. The molecule has 5 aromatic rings. The highest BCUT2D eigenvalue weighted by molar-refractivity contribution is 5.87. The molecule has 0 atom stereocenters. The predicted molar refractivity (Wildman–Crippen MR) is 141 cm³/mol. The molecule has 0 bridgehead atoms. The maximum atomic E-state index is 2.40. The van der Waals surface area contributed by atoms with Gasteiger partial charge in [-0.05, 0) is 70.8 Å². The lowest BCUT2D eigenvalue weighted by Gasteiger charge is -2.35. The van der Waals surface area contributed by atoms with Crippen molar-refractivity contribution in [2.75, 3.05) is 9.80 Å². The van der Waals surface area contributed by atoms with E-state index in [0.717, 1.165) is 12.8 Å². The quantitative estimate of drug-likeness (QED) is 0.268. The van der Waals surface area contributed by atoms with Crippen LogP contribution in [0.2, 0.25) is 0 Å². The highest BCUT2D eigenvalue weighted by Gasteiger charge is 2.25. The van der Waals surface area contributed by atoms with Gasteiger partial charge < -0.3 is 9.80 Å². The second-order valence-electron chi connectivity index (χ2n) is 9.06. The van der Waals surface area contributed by atoms with E-state index < -0.39 is 0 Å². The first-order valence-electron chi connectivity index (χ1n) is 11.9. The Balaban J connectivity index is 1.35. The fourth-order valence-electron chi connectivity index (χ4n) is 5.49. The van der Waals surface area contributed by atoms with Crippen LogP contribution in [-0.4, -0.2) is 0 Å². The zero-order valence-electron chi connectivity index (χ0n) is 18.9. The molecule has 2 aliphatic heterocycles. The summed E-state index contributed by atoms with van der Waals surface area (Å²) in [4.78, 5) is 4.80. The summed E-state index contributed by atoms with van der Waals surface area (Å²) in [7, 11) is 0. The fraction of sp³-hybridized carbons (Fsp3) is 0.0625. The van der Waals surface area contributed by atoms with E-state index in [1.807, 2.05) is 0 Å². The molecule has 0 saturated carbocycles. The molecule has 7 rings (SSSR count). The Morgan fingerprint density at radius 1 is 0.324 bits per heavy atom. The van der Waals surface area contributed by atoms with Gasteiger partial charge in [0.05, 0.1) is 0 Å². The molecular weight excluding hydrogens is 412 g/mol. The van der Waals surface area contributed by atoms with Gasteiger partial charge in [-0.3, -0.25) is 0 Å². The molecule has 0 N–H and O–H groups in total. The van der Waals surface area contributed by atoms with Gasteiger partial charge in [-0.25, -0.2) is 0 Å². The van der Waals surface area contributed by atoms with Crippen molar-refractivity contribution in [3.63, 3.8) is 0 Å². The Bertz CT molecular complexity index is 1310. The van der Waals surface area contributed by atoms with Gasteiger partial charge in [0.2, 0.25) is 0 Å². The molecule has 162 valence electrons. The summed E-state index contributed by atoms with van der Waals surface area (Å²) >= 11 is 0. The van der Waals surface area contributed by atoms with Gasteiger partial charge in [0.1, 0.15) is 0 Å². The Labute approximate surface area is 200 Å². The van der Waals surface area contributed by atoms with Crippen LogP contribution in [0.15, 0.2) is 121 Å². The molecule has 0 radical (unpaired) electrons. The average Bonchev–Trinajstić information content (AvgIpc) is 2.90. The van der Waals surface area contributed by atoms with Crippen LogP contribution in [0.1, 0.15) is 22.3 Å². The monoisotopic (exact) mass is 436 g/mol. The highest BCUT2D eigenvalue weighted by atomic mass is 15.2. The number of anilines is 6. The number of benzene rings is 5. The zero-order valence-corrected chi connectivity index (χ0v) is 18.9. The van der Waals surface area contributed by atoms with Crippen molar-refractivity contribution in [3.05, 3.63) is 144 Å². The van der Waals surface area contributed by atoms with Gasteiger partial charge in [0.15, 0.2) is 0 Å². The van der Waals surface area contributed by atoms with Crippen LogP contribution in [0.3, 0.4) is 0 Å². The van der Waals surface area contributed by atoms with Gasteiger partial charge in [-0.2, -0.15) is 0 Å². The number of rotatable bonds is 2. The molecule has 0 saturated heterocycles. The summed E-state index contributed by atoms with van der Waals surface area (Å²) in [6, 6.07) is 44.0. The van der Waals surface area contributed by atoms with E-state index in [0.29, 0.717) is 0 Å². The first kappa shape index (κ1) is 19.2. The van der Waals surface area contributed by atoms with E-state index in [9.17, 15) is 0 Å². The van der Waals surface area contributed by atoms with Crippen LogP contribution in [0.4, 0.5) is 34.1 Å². The maximum absolute atomic E-state index is 2.40. The smallest absolute Gasteiger partial charge is 0.0497 e. The van der Waals surface area contributed by atoms with Crippen molar-refractivity contribution in [1.82, 2.24) is 0 Å². The number of hydrogen-bond donors (Lipinski definition) is 0. The highest BCUT2D eigenvalue weighted by Crippen LogP contribution is 2.46. The zero-order chi connectivity index (χ0) is 22.5. The van der Waals surface area contributed by atoms with Crippen LogP contribution in [0.25, 0.3) is 0 Å². The van der Waals surface area contributed by atoms with E-state index in [1.165, 1.54) is 56.4 Å². The Kier molecular flexibility index (Phi) is 4.31. The Hall–Kier alpha value is -4.30. The predicted octanol–water partition coefficient (Wildman–Crippen LogP) is 8.43. The second kappa shape index (κ2) is 7.64. The topological polar surface area (TPSA) is 6.48 Å². The van der Waals surface area contributed by atoms with Crippen LogP contribution in [0.5, 0.6) is 0 Å². The number of hydrogen-bond acceptors (Lipinski definition) is 2. The second-order valence-corrected chi connectivity index (χ2v) is 9.06. The third kappa shape index (κ3) is 2.96. The standard InChI is InChI=1S/C32H24N2/c1-5-13-29-23(9-1)21-24-10-2-6-14-30(24)33(29)27-17-19-28(20-18-27)34-31-15-7-3-11-25(31)22-26-12-4-8-16-32(26)34/h1-20H,21-22H2. The largest absolute Gasteiger partial charge is 0.310 e. The van der Waals surface area contributed by atoms with E-state index in [-0.39, 0.29) is 0 Å². The molecule has 2 aliphatic rings. The van der Waals surface area contributed by atoms with Crippen LogP contribution in [0, 0.1) is 0 Å². The molecule has 2 nitrogen and oxygen atoms in total. The maximum Gasteiger partial charge on any atom is 0.0497 e. The molecule has 0 aliphatic carbocycles. The lowest BCUT2D eigenvalue weighted by molar-refractivity contribution is 1.08. The van der Waals surface area contributed by atoms with Crippen LogP contribution in [-0.2, 0) is 12.8 Å². The lowest BCUT2D eigenvalue weighted by Crippen LogP contribution is -2.19. The van der Waals surface area contributed by atoms with E-state index in [4.69, 9.17) is 0 Å². The molecule has 34 heavy (non-hydrogen) atoms. The van der Waals surface area contributed by atoms with Crippen LogP contribution < -0.4 is 9.80 Å². The summed E-state index contributed by atoms with van der Waals surface area (Å²) in [6.45, 7) is 0. The third-order valence-corrected chi connectivity index (χ3v) is 7.06. The first-order chi connectivity index (χ1) is 16.9. The molecular formula is C32H24N2. The van der Waals surface area contributed by atoms with E-state index >= 15 is 0 Å². The number of fused-ring (bicyclic) bond motifs is 4. The van der Waals surface area contributed by atoms with Crippen molar-refractivity contribution in [2.24, 2.45) is 0 Å². The lowest BCUT2D eigenvalue weighted by atomic mass is 9.94. The summed E-state index contributed by atoms with van der Waals surface area (Å²) in [6.07, 6.45) is 1.95. The molecule has 0 fully saturated rings. The fourth-order valence-corrected chi connectivity index (χ4v) is 5.49. The Morgan fingerprint density at radius 3 is 0.882 bits per heavy atom. The van der Waals surface area contributed by atoms with E-state index in [1.54, 1.807) is 0 Å².